The van der Waals surface area contributed by atoms with Crippen LogP contribution in [-0.2, 0) is 4.74 Å². The van der Waals surface area contributed by atoms with Crippen molar-refractivity contribution in [2.24, 2.45) is 0 Å². The summed E-state index contributed by atoms with van der Waals surface area (Å²) in [7, 11) is 0. The highest BCUT2D eigenvalue weighted by Gasteiger charge is 2.20. The lowest BCUT2D eigenvalue weighted by molar-refractivity contribution is 0.000754. The molecule has 0 saturated heterocycles. The van der Waals surface area contributed by atoms with Crippen molar-refractivity contribution in [1.82, 2.24) is 4.37 Å². The third-order valence-corrected chi connectivity index (χ3v) is 3.81. The van der Waals surface area contributed by atoms with Crippen LogP contribution in [0.3, 0.4) is 0 Å². The molecule has 4 nitrogen and oxygen atoms in total. The van der Waals surface area contributed by atoms with Crippen molar-refractivity contribution in [2.75, 3.05) is 24.2 Å². The average Bonchev–Trinajstić information content (AvgIpc) is 2.79. The van der Waals surface area contributed by atoms with Crippen molar-refractivity contribution in [2.45, 2.75) is 26.4 Å². The monoisotopic (exact) mass is 291 g/mol. The normalized spacial score (nSPS) is 11.6. The number of aromatic nitrogens is 1. The minimum atomic E-state index is -0.221. The van der Waals surface area contributed by atoms with E-state index in [0.29, 0.717) is 19.0 Å². The smallest absolute Gasteiger partial charge is 0.147 e. The maximum Gasteiger partial charge on any atom is 0.147 e. The van der Waals surface area contributed by atoms with E-state index in [1.54, 1.807) is 0 Å². The number of nitrogen functional groups attached to an aromatic ring is 1. The van der Waals surface area contributed by atoms with E-state index in [1.165, 1.54) is 11.5 Å². The van der Waals surface area contributed by atoms with Crippen LogP contribution in [0.15, 0.2) is 30.3 Å². The van der Waals surface area contributed by atoms with Crippen molar-refractivity contribution < 1.29 is 4.74 Å². The molecule has 0 atom stereocenters. The van der Waals surface area contributed by atoms with Gasteiger partial charge in [0.15, 0.2) is 0 Å². The Morgan fingerprint density at radius 1 is 1.30 bits per heavy atom. The Hall–Kier alpha value is -1.59. The Labute approximate surface area is 124 Å². The minimum absolute atomic E-state index is 0.221. The number of hydrogen-bond donors (Lipinski definition) is 2. The molecule has 0 bridgehead atoms. The largest absolute Gasteiger partial charge is 0.382 e. The van der Waals surface area contributed by atoms with Gasteiger partial charge in [0, 0.05) is 13.2 Å². The number of benzene rings is 1. The quantitative estimate of drug-likeness (QED) is 0.853. The molecule has 0 aliphatic rings. The Kier molecular flexibility index (Phi) is 4.62. The maximum absolute atomic E-state index is 6.00. The van der Waals surface area contributed by atoms with Gasteiger partial charge in [-0.3, -0.25) is 0 Å². The van der Waals surface area contributed by atoms with E-state index < -0.39 is 0 Å². The Morgan fingerprint density at radius 3 is 2.65 bits per heavy atom. The van der Waals surface area contributed by atoms with Gasteiger partial charge >= 0.3 is 0 Å². The van der Waals surface area contributed by atoms with E-state index in [4.69, 9.17) is 10.5 Å². The fraction of sp³-hybridized carbons (Fsp3) is 0.400. The first-order valence-electron chi connectivity index (χ1n) is 6.72. The highest BCUT2D eigenvalue weighted by Crippen LogP contribution is 2.36. The number of nitrogens with zero attached hydrogens (tertiary/aromatic N) is 1. The zero-order chi connectivity index (χ0) is 14.6. The fourth-order valence-electron chi connectivity index (χ4n) is 2.04. The van der Waals surface area contributed by atoms with Crippen molar-refractivity contribution in [3.05, 3.63) is 30.3 Å². The van der Waals surface area contributed by atoms with Crippen LogP contribution in [0.1, 0.15) is 20.8 Å². The molecular formula is C15H21N3OS. The molecule has 0 unspecified atom stereocenters. The van der Waals surface area contributed by atoms with E-state index >= 15 is 0 Å². The van der Waals surface area contributed by atoms with E-state index in [-0.39, 0.29) is 5.60 Å². The molecule has 108 valence electrons. The third-order valence-electron chi connectivity index (χ3n) is 2.99. The second-order valence-corrected chi connectivity index (χ2v) is 5.96. The maximum atomic E-state index is 6.00. The van der Waals surface area contributed by atoms with E-state index in [1.807, 2.05) is 37.3 Å². The van der Waals surface area contributed by atoms with Gasteiger partial charge in [-0.1, -0.05) is 30.3 Å². The lowest BCUT2D eigenvalue weighted by Gasteiger charge is -2.25. The van der Waals surface area contributed by atoms with Gasteiger partial charge in [0.2, 0.25) is 0 Å². The first-order valence-corrected chi connectivity index (χ1v) is 7.49. The topological polar surface area (TPSA) is 60.2 Å². The van der Waals surface area contributed by atoms with Crippen molar-refractivity contribution >= 4 is 22.4 Å². The third kappa shape index (κ3) is 3.49. The minimum Gasteiger partial charge on any atom is -0.382 e. The molecule has 0 fully saturated rings. The first kappa shape index (κ1) is 14.8. The van der Waals surface area contributed by atoms with Crippen LogP contribution in [0, 0.1) is 0 Å². The molecule has 0 aliphatic heterocycles. The summed E-state index contributed by atoms with van der Waals surface area (Å²) in [6, 6.07) is 10.1. The molecule has 0 amide bonds. The number of nitrogens with one attached hydrogen (secondary N) is 1. The second kappa shape index (κ2) is 6.24. The zero-order valence-electron chi connectivity index (χ0n) is 12.1. The van der Waals surface area contributed by atoms with Gasteiger partial charge < -0.3 is 15.8 Å². The molecule has 1 aromatic heterocycles. The molecule has 0 saturated carbocycles. The van der Waals surface area contributed by atoms with Crippen LogP contribution >= 0.6 is 11.5 Å². The summed E-state index contributed by atoms with van der Waals surface area (Å²) in [5.74, 6) is 0.568. The van der Waals surface area contributed by atoms with Crippen LogP contribution in [0.2, 0.25) is 0 Å². The van der Waals surface area contributed by atoms with Crippen LogP contribution in [0.5, 0.6) is 0 Å². The Balaban J connectivity index is 2.18. The predicted molar refractivity (Wildman–Crippen MR) is 86.2 cm³/mol. The summed E-state index contributed by atoms with van der Waals surface area (Å²) in [6.45, 7) is 7.54. The number of nitrogens with two attached hydrogens (primary N) is 1. The summed E-state index contributed by atoms with van der Waals surface area (Å²) in [5.41, 5.74) is 7.83. The fourth-order valence-corrected chi connectivity index (χ4v) is 2.77. The van der Waals surface area contributed by atoms with Gasteiger partial charge in [-0.05, 0) is 37.9 Å². The second-order valence-electron chi connectivity index (χ2n) is 5.18. The number of hydrogen-bond acceptors (Lipinski definition) is 5. The van der Waals surface area contributed by atoms with Crippen LogP contribution < -0.4 is 11.1 Å². The van der Waals surface area contributed by atoms with Gasteiger partial charge in [0.25, 0.3) is 0 Å². The number of anilines is 2. The lowest BCUT2D eigenvalue weighted by atomic mass is 10.1. The SMILES string of the molecule is CCOC(C)(C)CNc1snc(N)c1-c1ccccc1. The Bertz CT molecular complexity index is 552. The summed E-state index contributed by atoms with van der Waals surface area (Å²) >= 11 is 1.39. The van der Waals surface area contributed by atoms with E-state index in [2.05, 4.69) is 23.5 Å². The Morgan fingerprint density at radius 2 is 2.00 bits per heavy atom. The molecule has 5 heteroatoms. The summed E-state index contributed by atoms with van der Waals surface area (Å²) < 4.78 is 9.95. The molecule has 0 spiro atoms. The van der Waals surface area contributed by atoms with Crippen molar-refractivity contribution in [3.63, 3.8) is 0 Å². The molecular weight excluding hydrogens is 270 g/mol. The van der Waals surface area contributed by atoms with Gasteiger partial charge in [-0.25, -0.2) is 0 Å². The molecule has 3 N–H and O–H groups in total. The predicted octanol–water partition coefficient (Wildman–Crippen LogP) is 3.62. The lowest BCUT2D eigenvalue weighted by Crippen LogP contribution is -2.33. The number of rotatable bonds is 6. The highest BCUT2D eigenvalue weighted by atomic mass is 32.1. The summed E-state index contributed by atoms with van der Waals surface area (Å²) in [5, 5.41) is 4.40. The van der Waals surface area contributed by atoms with E-state index in [0.717, 1.165) is 16.1 Å². The number of ether oxygens (including phenoxy) is 1. The molecule has 0 aliphatic carbocycles. The average molecular weight is 291 g/mol. The first-order chi connectivity index (χ1) is 9.53. The van der Waals surface area contributed by atoms with Crippen LogP contribution in [0.25, 0.3) is 11.1 Å². The molecule has 0 radical (unpaired) electrons. The van der Waals surface area contributed by atoms with Crippen molar-refractivity contribution in [3.8, 4) is 11.1 Å². The molecule has 20 heavy (non-hydrogen) atoms. The van der Waals surface area contributed by atoms with Crippen molar-refractivity contribution in [1.29, 1.82) is 0 Å². The molecule has 1 heterocycles. The summed E-state index contributed by atoms with van der Waals surface area (Å²) in [6.07, 6.45) is 0. The molecule has 1 aromatic carbocycles. The molecule has 2 rings (SSSR count). The van der Waals surface area contributed by atoms with Gasteiger partial charge in [0.1, 0.15) is 10.8 Å². The standard InChI is InChI=1S/C15H21N3OS/c1-4-19-15(2,3)10-17-14-12(13(16)18-20-14)11-8-6-5-7-9-11/h5-9,17H,4,10H2,1-3H3,(H2,16,18). The van der Waals surface area contributed by atoms with Crippen LogP contribution in [-0.4, -0.2) is 23.1 Å². The van der Waals surface area contributed by atoms with Gasteiger partial charge in [-0.2, -0.15) is 4.37 Å². The van der Waals surface area contributed by atoms with Gasteiger partial charge in [-0.15, -0.1) is 0 Å². The zero-order valence-corrected chi connectivity index (χ0v) is 13.0. The van der Waals surface area contributed by atoms with Crippen LogP contribution in [0.4, 0.5) is 10.8 Å². The van der Waals surface area contributed by atoms with Gasteiger partial charge in [0.05, 0.1) is 11.2 Å². The van der Waals surface area contributed by atoms with E-state index in [9.17, 15) is 0 Å². The highest BCUT2D eigenvalue weighted by molar-refractivity contribution is 7.11. The molecule has 2 aromatic rings. The summed E-state index contributed by atoms with van der Waals surface area (Å²) in [4.78, 5) is 0.